The number of benzene rings is 1. The highest BCUT2D eigenvalue weighted by atomic mass is 16.3. The summed E-state index contributed by atoms with van der Waals surface area (Å²) in [5.74, 6) is 0.0361. The van der Waals surface area contributed by atoms with Gasteiger partial charge in [-0.2, -0.15) is 0 Å². The summed E-state index contributed by atoms with van der Waals surface area (Å²) in [5, 5.41) is 11.7. The van der Waals surface area contributed by atoms with Crippen LogP contribution in [-0.4, -0.2) is 10.8 Å². The molecule has 1 heterocycles. The normalized spacial score (nSPS) is 16.8. The fraction of sp³-hybridized carbons (Fsp3) is 0.231. The second-order valence-corrected chi connectivity index (χ2v) is 4.11. The highest BCUT2D eigenvalue weighted by molar-refractivity contribution is 6.21. The number of carbonyl (C=O) groups excluding carboxylic acids is 1. The van der Waals surface area contributed by atoms with E-state index in [1.54, 1.807) is 0 Å². The molecule has 1 aliphatic carbocycles. The monoisotopic (exact) mass is 226 g/mol. The van der Waals surface area contributed by atoms with Gasteiger partial charge in [-0.3, -0.25) is 4.79 Å². The first-order valence-corrected chi connectivity index (χ1v) is 5.59. The van der Waals surface area contributed by atoms with Gasteiger partial charge < -0.3 is 15.1 Å². The molecular weight excluding hydrogens is 216 g/mol. The Morgan fingerprint density at radius 1 is 1.24 bits per heavy atom. The third-order valence-corrected chi connectivity index (χ3v) is 2.92. The molecule has 0 saturated carbocycles. The first kappa shape index (κ1) is 10.1. The molecule has 1 aliphatic rings. The molecule has 4 nitrogen and oxygen atoms in total. The average Bonchev–Trinajstić information content (AvgIpc) is 2.71. The third-order valence-electron chi connectivity index (χ3n) is 2.92. The van der Waals surface area contributed by atoms with Crippen molar-refractivity contribution < 1.29 is 9.90 Å². The Kier molecular flexibility index (Phi) is 2.21. The third kappa shape index (κ3) is 1.62. The molecule has 0 aliphatic heterocycles. The van der Waals surface area contributed by atoms with Gasteiger partial charge in [-0.1, -0.05) is 24.3 Å². The van der Waals surface area contributed by atoms with Crippen LogP contribution in [0.15, 0.2) is 30.0 Å². The first-order valence-electron chi connectivity index (χ1n) is 5.59. The molecule has 0 radical (unpaired) electrons. The van der Waals surface area contributed by atoms with Crippen LogP contribution in [0.1, 0.15) is 25.1 Å². The van der Waals surface area contributed by atoms with E-state index in [0.29, 0.717) is 25.1 Å². The van der Waals surface area contributed by atoms with Gasteiger partial charge in [0.05, 0.1) is 0 Å². The van der Waals surface area contributed by atoms with Gasteiger partial charge in [0.1, 0.15) is 0 Å². The molecule has 0 spiro atoms. The minimum Gasteiger partial charge on any atom is -0.875 e. The Morgan fingerprint density at radius 2 is 2.06 bits per heavy atom. The van der Waals surface area contributed by atoms with Crippen LogP contribution in [0.5, 0.6) is 0 Å². The second kappa shape index (κ2) is 3.73. The molecule has 0 N–H and O–H groups in total. The number of ketones is 1. The van der Waals surface area contributed by atoms with E-state index in [0.717, 1.165) is 11.0 Å². The van der Waals surface area contributed by atoms with Crippen LogP contribution >= 0.6 is 0 Å². The summed E-state index contributed by atoms with van der Waals surface area (Å²) in [6.45, 7) is 0. The Morgan fingerprint density at radius 3 is 2.82 bits per heavy atom. The highest BCUT2D eigenvalue weighted by Crippen LogP contribution is 2.26. The number of hydrogen-bond acceptors (Lipinski definition) is 3. The maximum atomic E-state index is 11.7. The number of nitrogens with zero attached hydrogens (tertiary/aromatic N) is 2. The van der Waals surface area contributed by atoms with E-state index in [1.165, 1.54) is 0 Å². The number of hydrogen-bond donors (Lipinski definition) is 0. The Labute approximate surface area is 98.0 Å². The minimum atomic E-state index is -0.128. The molecule has 0 unspecified atom stereocenters. The lowest BCUT2D eigenvalue weighted by atomic mass is 9.96. The predicted octanol–water partition coefficient (Wildman–Crippen LogP) is 1.02. The smallest absolute Gasteiger partial charge is 0.161 e. The van der Waals surface area contributed by atoms with Crippen molar-refractivity contribution in [1.82, 2.24) is 9.97 Å². The van der Waals surface area contributed by atoms with Gasteiger partial charge >= 0.3 is 0 Å². The molecule has 1 aromatic carbocycles. The van der Waals surface area contributed by atoms with Crippen LogP contribution in [0.25, 0.3) is 16.6 Å². The van der Waals surface area contributed by atoms with E-state index < -0.39 is 0 Å². The fourth-order valence-electron chi connectivity index (χ4n) is 2.08. The number of fused-ring (bicyclic) bond motifs is 1. The number of Topliss-reactive ketones (excluding diaryl/α,β-unsaturated/α-hetero) is 1. The summed E-state index contributed by atoms with van der Waals surface area (Å²) in [5.41, 5.74) is 1.63. The Hall–Kier alpha value is -2.10. The largest absolute Gasteiger partial charge is 0.875 e. The van der Waals surface area contributed by atoms with Crippen molar-refractivity contribution >= 4 is 22.4 Å². The molecule has 0 bridgehead atoms. The molecule has 0 amide bonds. The van der Waals surface area contributed by atoms with E-state index in [1.807, 2.05) is 24.3 Å². The zero-order valence-corrected chi connectivity index (χ0v) is 9.14. The van der Waals surface area contributed by atoms with Crippen LogP contribution in [0, 0.1) is 0 Å². The van der Waals surface area contributed by atoms with Crippen molar-refractivity contribution in [2.45, 2.75) is 19.3 Å². The maximum Gasteiger partial charge on any atom is 0.161 e. The molecule has 4 heteroatoms. The van der Waals surface area contributed by atoms with Crippen molar-refractivity contribution in [3.63, 3.8) is 0 Å². The zero-order chi connectivity index (χ0) is 11.8. The standard InChI is InChI=1S/C13H12N2O2/c16-10-6-3-7-11(17)12(10)13-14-8-4-1-2-5-9(8)15-13/h1-2,4-5H,3,6-7H2,(H2,14,15,16,17)/p-2. The second-order valence-electron chi connectivity index (χ2n) is 4.11. The van der Waals surface area contributed by atoms with Crippen molar-refractivity contribution in [2.24, 2.45) is 0 Å². The Balaban J connectivity index is 2.17. The van der Waals surface area contributed by atoms with Gasteiger partial charge in [0.15, 0.2) is 5.78 Å². The summed E-state index contributed by atoms with van der Waals surface area (Å²) < 4.78 is 0. The number of rotatable bonds is 1. The van der Waals surface area contributed by atoms with E-state index in [9.17, 15) is 9.90 Å². The number of carbonyl (C=O) groups is 1. The molecule has 0 fully saturated rings. The summed E-state index contributed by atoms with van der Waals surface area (Å²) in [7, 11) is 0. The molecule has 0 atom stereocenters. The molecule has 17 heavy (non-hydrogen) atoms. The molecule has 2 aromatic rings. The van der Waals surface area contributed by atoms with E-state index >= 15 is 0 Å². The lowest BCUT2D eigenvalue weighted by Crippen LogP contribution is -2.19. The van der Waals surface area contributed by atoms with Crippen molar-refractivity contribution in [3.8, 4) is 0 Å². The molecule has 3 rings (SSSR count). The lowest BCUT2D eigenvalue weighted by molar-refractivity contribution is -0.306. The fourth-order valence-corrected chi connectivity index (χ4v) is 2.08. The predicted molar refractivity (Wildman–Crippen MR) is 60.8 cm³/mol. The summed E-state index contributed by atoms with van der Waals surface area (Å²) in [6.07, 6.45) is 1.49. The van der Waals surface area contributed by atoms with E-state index in [2.05, 4.69) is 9.97 Å². The zero-order valence-electron chi connectivity index (χ0n) is 9.14. The maximum absolute atomic E-state index is 11.7. The number of para-hydroxylation sites is 2. The van der Waals surface area contributed by atoms with Gasteiger partial charge in [-0.05, 0) is 29.7 Å². The van der Waals surface area contributed by atoms with Crippen LogP contribution < -0.4 is 10.1 Å². The molecule has 0 saturated heterocycles. The quantitative estimate of drug-likeness (QED) is 0.728. The van der Waals surface area contributed by atoms with Gasteiger partial charge in [0.25, 0.3) is 0 Å². The van der Waals surface area contributed by atoms with Crippen LogP contribution in [0.4, 0.5) is 0 Å². The van der Waals surface area contributed by atoms with Gasteiger partial charge in [0.2, 0.25) is 0 Å². The molecular formula is C13H10N2O2-2. The van der Waals surface area contributed by atoms with Gasteiger partial charge in [-0.25, -0.2) is 0 Å². The van der Waals surface area contributed by atoms with Crippen LogP contribution in [0.3, 0.4) is 0 Å². The average molecular weight is 226 g/mol. The molecule has 86 valence electrons. The van der Waals surface area contributed by atoms with Crippen molar-refractivity contribution in [3.05, 3.63) is 35.8 Å². The lowest BCUT2D eigenvalue weighted by Gasteiger charge is -2.24. The Bertz CT molecular complexity index is 592. The van der Waals surface area contributed by atoms with Gasteiger partial charge in [-0.15, -0.1) is 5.76 Å². The first-order chi connectivity index (χ1) is 8.25. The highest BCUT2D eigenvalue weighted by Gasteiger charge is 2.15. The number of aromatic nitrogens is 2. The SMILES string of the molecule is O=C1CCCC([O-])=C1c1nc2ccccc2[n-]1. The topological polar surface area (TPSA) is 67.1 Å². The van der Waals surface area contributed by atoms with Crippen LogP contribution in [0.2, 0.25) is 0 Å². The minimum absolute atomic E-state index is 0.128. The van der Waals surface area contributed by atoms with Crippen molar-refractivity contribution in [1.29, 1.82) is 0 Å². The molecule has 1 aromatic heterocycles. The van der Waals surface area contributed by atoms with Crippen molar-refractivity contribution in [2.75, 3.05) is 0 Å². The number of allylic oxidation sites excluding steroid dienone is 2. The number of imidazole rings is 1. The van der Waals surface area contributed by atoms with E-state index in [-0.39, 0.29) is 17.1 Å². The summed E-state index contributed by atoms with van der Waals surface area (Å²) >= 11 is 0. The van der Waals surface area contributed by atoms with Gasteiger partial charge in [0, 0.05) is 12.0 Å². The van der Waals surface area contributed by atoms with Crippen LogP contribution in [-0.2, 0) is 4.79 Å². The summed E-state index contributed by atoms with van der Waals surface area (Å²) in [4.78, 5) is 20.2. The summed E-state index contributed by atoms with van der Waals surface area (Å²) in [6, 6.07) is 7.36. The van der Waals surface area contributed by atoms with E-state index in [4.69, 9.17) is 0 Å².